The number of halogens is 2. The van der Waals surface area contributed by atoms with Gasteiger partial charge in [0.2, 0.25) is 0 Å². The van der Waals surface area contributed by atoms with Gasteiger partial charge >= 0.3 is 11.9 Å². The zero-order valence-electron chi connectivity index (χ0n) is 15.3. The van der Waals surface area contributed by atoms with E-state index < -0.39 is 11.9 Å². The third-order valence-corrected chi connectivity index (χ3v) is 5.99. The highest BCUT2D eigenvalue weighted by molar-refractivity contribution is 9.11. The molecule has 0 saturated carbocycles. The summed E-state index contributed by atoms with van der Waals surface area (Å²) in [4.78, 5) is 27.3. The van der Waals surface area contributed by atoms with E-state index in [1.807, 2.05) is 37.3 Å². The third kappa shape index (κ3) is 5.18. The van der Waals surface area contributed by atoms with Crippen molar-refractivity contribution in [3.05, 3.63) is 49.8 Å². The minimum Gasteiger partial charge on any atom is -0.455 e. The number of aryl methyl sites for hydroxylation is 2. The molecule has 0 aliphatic heterocycles. The minimum absolute atomic E-state index is 0.131. The van der Waals surface area contributed by atoms with Gasteiger partial charge in [0.05, 0.1) is 30.6 Å². The molecule has 1 heterocycles. The van der Waals surface area contributed by atoms with E-state index in [2.05, 4.69) is 36.8 Å². The molecule has 146 valence electrons. The summed E-state index contributed by atoms with van der Waals surface area (Å²) in [6.07, 6.45) is 0.771. The van der Waals surface area contributed by atoms with Gasteiger partial charge in [0.1, 0.15) is 5.75 Å². The van der Waals surface area contributed by atoms with E-state index in [0.717, 1.165) is 29.7 Å². The van der Waals surface area contributed by atoms with Gasteiger partial charge in [-0.1, -0.05) is 6.92 Å². The van der Waals surface area contributed by atoms with Gasteiger partial charge in [-0.2, -0.15) is 0 Å². The largest absolute Gasteiger partial charge is 0.455 e. The lowest BCUT2D eigenvalue weighted by molar-refractivity contribution is -0.159. The van der Waals surface area contributed by atoms with Gasteiger partial charge < -0.3 is 9.47 Å². The predicted molar refractivity (Wildman–Crippen MR) is 116 cm³/mol. The van der Waals surface area contributed by atoms with Crippen LogP contribution in [-0.4, -0.2) is 16.9 Å². The number of rotatable bonds is 6. The number of ether oxygens (including phenoxy) is 2. The Morgan fingerprint density at radius 1 is 1.11 bits per heavy atom. The molecule has 0 unspecified atom stereocenters. The van der Waals surface area contributed by atoms with Crippen molar-refractivity contribution in [1.82, 2.24) is 4.98 Å². The number of carbonyl (C=O) groups excluding carboxylic acids is 2. The molecular weight excluding hydrogens is 510 g/mol. The van der Waals surface area contributed by atoms with Gasteiger partial charge in [0, 0.05) is 12.5 Å². The molecule has 0 amide bonds. The zero-order chi connectivity index (χ0) is 20.3. The maximum atomic E-state index is 11.7. The zero-order valence-corrected chi connectivity index (χ0v) is 19.2. The molecule has 3 aromatic rings. The van der Waals surface area contributed by atoms with Gasteiger partial charge in [0.25, 0.3) is 0 Å². The number of hydrogen-bond donors (Lipinski definition) is 0. The highest BCUT2D eigenvalue weighted by Gasteiger charge is 2.14. The normalized spacial score (nSPS) is 10.9. The van der Waals surface area contributed by atoms with Gasteiger partial charge in [-0.25, -0.2) is 4.98 Å². The Morgan fingerprint density at radius 3 is 2.50 bits per heavy atom. The average Bonchev–Trinajstić information content (AvgIpc) is 3.02. The monoisotopic (exact) mass is 525 g/mol. The highest BCUT2D eigenvalue weighted by Crippen LogP contribution is 2.39. The second-order valence-electron chi connectivity index (χ2n) is 6.05. The number of carbonyl (C=O) groups is 2. The van der Waals surface area contributed by atoms with Crippen molar-refractivity contribution >= 4 is 65.4 Å². The second-order valence-corrected chi connectivity index (χ2v) is 9.00. The molecule has 0 aliphatic rings. The predicted octanol–water partition coefficient (Wildman–Crippen LogP) is 6.33. The molecule has 0 aliphatic carbocycles. The topological polar surface area (TPSA) is 65.5 Å². The van der Waals surface area contributed by atoms with E-state index in [1.54, 1.807) is 18.3 Å². The summed E-state index contributed by atoms with van der Waals surface area (Å²) in [5.74, 6) is 0.330. The number of nitrogens with zero attached hydrogens (tertiary/aromatic N) is 1. The number of fused-ring (bicyclic) bond motifs is 1. The van der Waals surface area contributed by atoms with Crippen LogP contribution in [0.3, 0.4) is 0 Å². The van der Waals surface area contributed by atoms with Crippen molar-refractivity contribution in [3.8, 4) is 11.5 Å². The lowest BCUT2D eigenvalue weighted by Crippen LogP contribution is -2.11. The molecule has 8 heteroatoms. The first-order chi connectivity index (χ1) is 13.4. The molecule has 2 aromatic carbocycles. The fourth-order valence-corrected chi connectivity index (χ4v) is 4.85. The van der Waals surface area contributed by atoms with Crippen LogP contribution >= 0.6 is 43.2 Å². The third-order valence-electron chi connectivity index (χ3n) is 3.88. The first-order valence-corrected chi connectivity index (χ1v) is 11.0. The summed E-state index contributed by atoms with van der Waals surface area (Å²) in [6.45, 7) is 3.63. The molecule has 0 atom stereocenters. The second kappa shape index (κ2) is 9.15. The van der Waals surface area contributed by atoms with Crippen LogP contribution in [0.5, 0.6) is 11.5 Å². The Balaban J connectivity index is 1.72. The SMILES string of the molecule is CCC(=O)OC(=O)CCc1cc(Br)c(Oc2ccc3nc(C)sc3c2)c(Br)c1. The van der Waals surface area contributed by atoms with Crippen molar-refractivity contribution in [1.29, 1.82) is 0 Å². The maximum Gasteiger partial charge on any atom is 0.313 e. The van der Waals surface area contributed by atoms with E-state index in [1.165, 1.54) is 0 Å². The van der Waals surface area contributed by atoms with Gasteiger partial charge in [-0.15, -0.1) is 11.3 Å². The van der Waals surface area contributed by atoms with Crippen LogP contribution in [0.4, 0.5) is 0 Å². The molecule has 0 bridgehead atoms. The lowest BCUT2D eigenvalue weighted by Gasteiger charge is -2.12. The minimum atomic E-state index is -0.521. The summed E-state index contributed by atoms with van der Waals surface area (Å²) < 4.78 is 13.3. The molecule has 3 rings (SSSR count). The number of hydrogen-bond acceptors (Lipinski definition) is 6. The highest BCUT2D eigenvalue weighted by atomic mass is 79.9. The Kier molecular flexibility index (Phi) is 6.85. The first kappa shape index (κ1) is 21.0. The average molecular weight is 527 g/mol. The van der Waals surface area contributed by atoms with Gasteiger partial charge in [-0.3, -0.25) is 9.59 Å². The molecule has 0 radical (unpaired) electrons. The summed E-state index contributed by atoms with van der Waals surface area (Å²) in [5, 5.41) is 1.01. The van der Waals surface area contributed by atoms with Crippen LogP contribution in [-0.2, 0) is 20.7 Å². The number of aromatic nitrogens is 1. The number of esters is 2. The summed E-state index contributed by atoms with van der Waals surface area (Å²) in [7, 11) is 0. The van der Waals surface area contributed by atoms with Crippen LogP contribution < -0.4 is 4.74 Å². The van der Waals surface area contributed by atoms with Crippen molar-refractivity contribution in [2.75, 3.05) is 0 Å². The van der Waals surface area contributed by atoms with E-state index in [-0.39, 0.29) is 12.8 Å². The van der Waals surface area contributed by atoms with Crippen LogP contribution in [0, 0.1) is 6.92 Å². The Bertz CT molecular complexity index is 1020. The fraction of sp³-hybridized carbons (Fsp3) is 0.250. The van der Waals surface area contributed by atoms with Crippen molar-refractivity contribution in [3.63, 3.8) is 0 Å². The summed E-state index contributed by atoms with van der Waals surface area (Å²) in [5.41, 5.74) is 1.87. The first-order valence-electron chi connectivity index (χ1n) is 8.62. The molecule has 0 N–H and O–H groups in total. The lowest BCUT2D eigenvalue weighted by atomic mass is 10.1. The van der Waals surface area contributed by atoms with Gasteiger partial charge in [0.15, 0.2) is 5.75 Å². The van der Waals surface area contributed by atoms with Crippen molar-refractivity contribution in [2.45, 2.75) is 33.1 Å². The molecule has 1 aromatic heterocycles. The van der Waals surface area contributed by atoms with Crippen LogP contribution in [0.2, 0.25) is 0 Å². The Hall–Kier alpha value is -1.77. The van der Waals surface area contributed by atoms with E-state index in [9.17, 15) is 9.59 Å². The molecule has 0 fully saturated rings. The van der Waals surface area contributed by atoms with Crippen molar-refractivity contribution < 1.29 is 19.1 Å². The van der Waals surface area contributed by atoms with E-state index in [4.69, 9.17) is 9.47 Å². The Morgan fingerprint density at radius 2 is 1.82 bits per heavy atom. The molecule has 0 saturated heterocycles. The van der Waals surface area contributed by atoms with Crippen LogP contribution in [0.1, 0.15) is 30.3 Å². The maximum absolute atomic E-state index is 11.7. The van der Waals surface area contributed by atoms with Gasteiger partial charge in [-0.05, 0) is 75.0 Å². The number of thiazole rings is 1. The molecule has 5 nitrogen and oxygen atoms in total. The Labute approximate surface area is 183 Å². The van der Waals surface area contributed by atoms with Crippen LogP contribution in [0.25, 0.3) is 10.2 Å². The summed E-state index contributed by atoms with van der Waals surface area (Å²) >= 11 is 8.69. The smallest absolute Gasteiger partial charge is 0.313 e. The molecule has 0 spiro atoms. The van der Waals surface area contributed by atoms with E-state index in [0.29, 0.717) is 17.9 Å². The van der Waals surface area contributed by atoms with E-state index >= 15 is 0 Å². The summed E-state index contributed by atoms with van der Waals surface area (Å²) in [6, 6.07) is 9.57. The van der Waals surface area contributed by atoms with Crippen molar-refractivity contribution in [2.24, 2.45) is 0 Å². The molecule has 28 heavy (non-hydrogen) atoms. The molecular formula is C20H17Br2NO4S. The fourth-order valence-electron chi connectivity index (χ4n) is 2.55. The standard InChI is InChI=1S/C20H17Br2NO4S/c1-3-18(24)27-19(25)7-4-12-8-14(21)20(15(22)9-12)26-13-5-6-16-17(10-13)28-11(2)23-16/h5-6,8-10H,3-4,7H2,1-2H3. The quantitative estimate of drug-likeness (QED) is 0.277. The number of benzene rings is 2. The van der Waals surface area contributed by atoms with Crippen LogP contribution in [0.15, 0.2) is 39.3 Å².